The molecule has 3 aromatic heterocycles. The van der Waals surface area contributed by atoms with E-state index in [9.17, 15) is 0 Å². The van der Waals surface area contributed by atoms with Gasteiger partial charge in [-0.1, -0.05) is 0 Å². The summed E-state index contributed by atoms with van der Waals surface area (Å²) >= 11 is 5.09. The van der Waals surface area contributed by atoms with Gasteiger partial charge in [-0.05, 0) is 35.0 Å². The molecule has 0 fully saturated rings. The molecule has 16 heavy (non-hydrogen) atoms. The van der Waals surface area contributed by atoms with Crippen molar-refractivity contribution in [3.8, 4) is 11.4 Å². The molecule has 0 atom stereocenters. The molecule has 80 valence electrons. The number of imidazole rings is 1. The van der Waals surface area contributed by atoms with Gasteiger partial charge in [0.15, 0.2) is 0 Å². The Morgan fingerprint density at radius 3 is 2.94 bits per heavy atom. The zero-order valence-corrected chi connectivity index (χ0v) is 10.9. The zero-order chi connectivity index (χ0) is 11.1. The molecular formula is C11H8BrN3S. The average molecular weight is 294 g/mol. The number of fused-ring (bicyclic) bond motifs is 1. The van der Waals surface area contributed by atoms with E-state index in [1.165, 1.54) is 0 Å². The van der Waals surface area contributed by atoms with Crippen LogP contribution in [0.4, 0.5) is 0 Å². The summed E-state index contributed by atoms with van der Waals surface area (Å²) in [5.41, 5.74) is 5.77. The van der Waals surface area contributed by atoms with Crippen molar-refractivity contribution in [3.05, 3.63) is 39.4 Å². The minimum Gasteiger partial charge on any atom is -0.303 e. The number of thiazole rings is 1. The molecular weight excluding hydrogens is 286 g/mol. The number of hydrogen-bond acceptors (Lipinski definition) is 3. The molecule has 0 amide bonds. The van der Waals surface area contributed by atoms with Gasteiger partial charge in [0.2, 0.25) is 0 Å². The van der Waals surface area contributed by atoms with Crippen molar-refractivity contribution >= 4 is 32.9 Å². The number of aromatic nitrogens is 3. The van der Waals surface area contributed by atoms with Crippen LogP contribution in [-0.2, 0) is 0 Å². The first-order valence-electron chi connectivity index (χ1n) is 4.78. The van der Waals surface area contributed by atoms with Crippen LogP contribution in [0.5, 0.6) is 0 Å². The van der Waals surface area contributed by atoms with Gasteiger partial charge in [-0.2, -0.15) is 0 Å². The van der Waals surface area contributed by atoms with Gasteiger partial charge in [0, 0.05) is 21.7 Å². The van der Waals surface area contributed by atoms with Crippen LogP contribution in [0, 0.1) is 6.92 Å². The summed E-state index contributed by atoms with van der Waals surface area (Å²) < 4.78 is 3.15. The minimum absolute atomic E-state index is 0.919. The van der Waals surface area contributed by atoms with Crippen molar-refractivity contribution in [2.45, 2.75) is 6.92 Å². The van der Waals surface area contributed by atoms with E-state index >= 15 is 0 Å². The second kappa shape index (κ2) is 3.68. The van der Waals surface area contributed by atoms with Crippen molar-refractivity contribution < 1.29 is 0 Å². The largest absolute Gasteiger partial charge is 0.303 e. The number of nitrogens with zero attached hydrogens (tertiary/aromatic N) is 3. The molecule has 0 aliphatic rings. The van der Waals surface area contributed by atoms with Gasteiger partial charge in [-0.15, -0.1) is 11.3 Å². The van der Waals surface area contributed by atoms with Crippen LogP contribution in [0.1, 0.15) is 5.69 Å². The van der Waals surface area contributed by atoms with Gasteiger partial charge in [0.25, 0.3) is 0 Å². The topological polar surface area (TPSA) is 30.2 Å². The molecule has 0 bridgehead atoms. The predicted octanol–water partition coefficient (Wildman–Crippen LogP) is 3.53. The van der Waals surface area contributed by atoms with Crippen molar-refractivity contribution in [1.82, 2.24) is 14.4 Å². The molecule has 0 spiro atoms. The quantitative estimate of drug-likeness (QED) is 0.687. The number of hydrogen-bond donors (Lipinski definition) is 0. The molecule has 5 heteroatoms. The smallest absolute Gasteiger partial charge is 0.137 e. The van der Waals surface area contributed by atoms with Gasteiger partial charge >= 0.3 is 0 Å². The second-order valence-corrected chi connectivity index (χ2v) is 5.07. The molecule has 0 radical (unpaired) electrons. The van der Waals surface area contributed by atoms with Crippen molar-refractivity contribution in [3.63, 3.8) is 0 Å². The van der Waals surface area contributed by atoms with E-state index < -0.39 is 0 Å². The summed E-state index contributed by atoms with van der Waals surface area (Å²) in [7, 11) is 0. The van der Waals surface area contributed by atoms with Crippen LogP contribution in [-0.4, -0.2) is 14.4 Å². The highest BCUT2D eigenvalue weighted by atomic mass is 79.9. The van der Waals surface area contributed by atoms with Gasteiger partial charge in [-0.3, -0.25) is 0 Å². The van der Waals surface area contributed by atoms with Crippen LogP contribution in [0.15, 0.2) is 33.7 Å². The normalized spacial score (nSPS) is 11.1. The molecule has 0 saturated carbocycles. The highest BCUT2D eigenvalue weighted by Gasteiger charge is 2.08. The minimum atomic E-state index is 0.919. The first kappa shape index (κ1) is 9.99. The lowest BCUT2D eigenvalue weighted by Gasteiger charge is -2.00. The van der Waals surface area contributed by atoms with E-state index in [4.69, 9.17) is 0 Å². The Morgan fingerprint density at radius 2 is 2.19 bits per heavy atom. The predicted molar refractivity (Wildman–Crippen MR) is 68.7 cm³/mol. The fourth-order valence-corrected chi connectivity index (χ4v) is 2.50. The monoisotopic (exact) mass is 293 g/mol. The van der Waals surface area contributed by atoms with Crippen LogP contribution in [0.3, 0.4) is 0 Å². The maximum absolute atomic E-state index is 4.54. The van der Waals surface area contributed by atoms with E-state index in [0.717, 1.165) is 27.2 Å². The molecule has 0 aliphatic heterocycles. The van der Waals surface area contributed by atoms with Gasteiger partial charge in [0.05, 0.1) is 5.51 Å². The highest BCUT2D eigenvalue weighted by Crippen LogP contribution is 2.23. The van der Waals surface area contributed by atoms with Crippen molar-refractivity contribution in [1.29, 1.82) is 0 Å². The Hall–Kier alpha value is -1.20. The Balaban J connectivity index is 2.28. The maximum Gasteiger partial charge on any atom is 0.137 e. The Kier molecular flexibility index (Phi) is 2.29. The Labute approximate surface area is 105 Å². The molecule has 0 aromatic carbocycles. The second-order valence-electron chi connectivity index (χ2n) is 3.49. The molecule has 0 N–H and O–H groups in total. The molecule has 0 aliphatic carbocycles. The molecule has 3 heterocycles. The van der Waals surface area contributed by atoms with Gasteiger partial charge in [0.1, 0.15) is 17.0 Å². The van der Waals surface area contributed by atoms with Crippen molar-refractivity contribution in [2.24, 2.45) is 0 Å². The third-order valence-corrected chi connectivity index (χ3v) is 3.94. The fourth-order valence-electron chi connectivity index (χ4n) is 1.63. The lowest BCUT2D eigenvalue weighted by atomic mass is 10.3. The number of halogens is 1. The summed E-state index contributed by atoms with van der Waals surface area (Å²) in [6, 6.07) is 4.01. The first-order valence-corrected chi connectivity index (χ1v) is 6.52. The van der Waals surface area contributed by atoms with Gasteiger partial charge < -0.3 is 4.40 Å². The lowest BCUT2D eigenvalue weighted by molar-refractivity contribution is 1.08. The Morgan fingerprint density at radius 1 is 1.31 bits per heavy atom. The van der Waals surface area contributed by atoms with Crippen LogP contribution >= 0.6 is 27.3 Å². The summed E-state index contributed by atoms with van der Waals surface area (Å²) in [5, 5.41) is 2.01. The standard InChI is InChI=1S/C11H8BrN3S/c1-7-8(12)2-3-11-14-9(4-15(7)11)10-5-16-6-13-10/h2-6H,1H3. The third-order valence-electron chi connectivity index (χ3n) is 2.51. The van der Waals surface area contributed by atoms with Gasteiger partial charge in [-0.25, -0.2) is 9.97 Å². The van der Waals surface area contributed by atoms with Crippen LogP contribution < -0.4 is 0 Å². The maximum atomic E-state index is 4.54. The van der Waals surface area contributed by atoms with E-state index in [0.29, 0.717) is 0 Å². The summed E-state index contributed by atoms with van der Waals surface area (Å²) in [5.74, 6) is 0. The lowest BCUT2D eigenvalue weighted by Crippen LogP contribution is -1.89. The number of aryl methyl sites for hydroxylation is 1. The van der Waals surface area contributed by atoms with E-state index in [1.807, 2.05) is 29.2 Å². The summed E-state index contributed by atoms with van der Waals surface area (Å²) in [4.78, 5) is 8.81. The first-order chi connectivity index (χ1) is 7.75. The molecule has 0 unspecified atom stereocenters. The molecule has 0 saturated heterocycles. The Bertz CT molecular complexity index is 643. The fraction of sp³-hybridized carbons (Fsp3) is 0.0909. The number of pyridine rings is 1. The van der Waals surface area contributed by atoms with Crippen LogP contribution in [0.2, 0.25) is 0 Å². The van der Waals surface area contributed by atoms with Crippen LogP contribution in [0.25, 0.3) is 17.0 Å². The average Bonchev–Trinajstić information content (AvgIpc) is 2.91. The zero-order valence-electron chi connectivity index (χ0n) is 8.51. The molecule has 3 aromatic rings. The highest BCUT2D eigenvalue weighted by molar-refractivity contribution is 9.10. The van der Waals surface area contributed by atoms with E-state index in [1.54, 1.807) is 11.3 Å². The molecule has 3 rings (SSSR count). The summed E-state index contributed by atoms with van der Waals surface area (Å²) in [6.07, 6.45) is 2.02. The van der Waals surface area contributed by atoms with Crippen molar-refractivity contribution in [2.75, 3.05) is 0 Å². The number of rotatable bonds is 1. The molecule has 3 nitrogen and oxygen atoms in total. The SMILES string of the molecule is Cc1c(Br)ccc2nc(-c3cscn3)cn12. The van der Waals surface area contributed by atoms with E-state index in [-0.39, 0.29) is 0 Å². The third kappa shape index (κ3) is 1.47. The van der Waals surface area contributed by atoms with E-state index in [2.05, 4.69) is 37.2 Å². The summed E-state index contributed by atoms with van der Waals surface area (Å²) in [6.45, 7) is 2.06.